The van der Waals surface area contributed by atoms with Crippen molar-refractivity contribution >= 4 is 29.4 Å². The number of aryl methyl sites for hydroxylation is 1. The average molecular weight is 356 g/mol. The molecular weight excluding hydrogens is 336 g/mol. The van der Waals surface area contributed by atoms with E-state index in [1.165, 1.54) is 5.56 Å². The molecule has 2 aromatic rings. The lowest BCUT2D eigenvalue weighted by molar-refractivity contribution is -0.120. The van der Waals surface area contributed by atoms with Crippen LogP contribution in [-0.2, 0) is 11.3 Å². The average Bonchev–Trinajstić information content (AvgIpc) is 2.65. The fraction of sp³-hybridized carbons (Fsp3) is 0.278. The first kappa shape index (κ1) is 17.3. The second kappa shape index (κ2) is 8.02. The lowest BCUT2D eigenvalue weighted by Gasteiger charge is -2.28. The summed E-state index contributed by atoms with van der Waals surface area (Å²) in [5.41, 5.74) is 2.99. The molecule has 0 unspecified atom stereocenters. The first-order valence-electron chi connectivity index (χ1n) is 8.09. The van der Waals surface area contributed by atoms with Gasteiger partial charge in [-0.3, -0.25) is 9.69 Å². The molecule has 0 saturated carbocycles. The Balaban J connectivity index is 1.49. The van der Waals surface area contributed by atoms with Crippen LogP contribution in [0.15, 0.2) is 47.6 Å². The Morgan fingerprint density at radius 2 is 2.00 bits per heavy atom. The number of carbonyl (C=O) groups is 2. The highest BCUT2D eigenvalue weighted by atomic mass is 32.2. The number of nitrogens with one attached hydrogen (secondary N) is 2. The summed E-state index contributed by atoms with van der Waals surface area (Å²) in [6.45, 7) is 3.01. The second-order valence-electron chi connectivity index (χ2n) is 5.75. The molecule has 0 saturated heterocycles. The summed E-state index contributed by atoms with van der Waals surface area (Å²) in [7, 11) is 0. The first-order chi connectivity index (χ1) is 12.1. The number of nitrogens with zero attached hydrogens (tertiary/aromatic N) is 2. The van der Waals surface area contributed by atoms with Crippen LogP contribution >= 0.6 is 11.8 Å². The summed E-state index contributed by atoms with van der Waals surface area (Å²) in [5, 5.41) is 6.32. The Hall–Kier alpha value is -2.54. The summed E-state index contributed by atoms with van der Waals surface area (Å²) in [6, 6.07) is 11.4. The van der Waals surface area contributed by atoms with E-state index in [0.717, 1.165) is 22.0 Å². The lowest BCUT2D eigenvalue weighted by Crippen LogP contribution is -2.46. The van der Waals surface area contributed by atoms with Gasteiger partial charge in [-0.05, 0) is 24.6 Å². The van der Waals surface area contributed by atoms with Gasteiger partial charge in [-0.2, -0.15) is 0 Å². The first-order valence-corrected chi connectivity index (χ1v) is 9.07. The molecule has 1 aromatic heterocycles. The fourth-order valence-electron chi connectivity index (χ4n) is 2.48. The quantitative estimate of drug-likeness (QED) is 0.882. The van der Waals surface area contributed by atoms with Crippen molar-refractivity contribution in [2.24, 2.45) is 0 Å². The van der Waals surface area contributed by atoms with Crippen LogP contribution < -0.4 is 15.5 Å². The van der Waals surface area contributed by atoms with Crippen molar-refractivity contribution in [3.05, 3.63) is 53.7 Å². The lowest BCUT2D eigenvalue weighted by atomic mass is 10.1. The summed E-state index contributed by atoms with van der Waals surface area (Å²) < 4.78 is 0. The SMILES string of the molecule is Cc1ccc(CNC(=O)CNC(=O)N2CCSc3ncccc32)cc1. The van der Waals surface area contributed by atoms with E-state index in [1.807, 2.05) is 37.3 Å². The van der Waals surface area contributed by atoms with Crippen molar-refractivity contribution in [3.8, 4) is 0 Å². The molecule has 3 rings (SSSR count). The molecule has 3 amide bonds. The van der Waals surface area contributed by atoms with Crippen molar-refractivity contribution in [3.63, 3.8) is 0 Å². The van der Waals surface area contributed by atoms with Gasteiger partial charge < -0.3 is 10.6 Å². The number of pyridine rings is 1. The van der Waals surface area contributed by atoms with Gasteiger partial charge in [0, 0.05) is 25.0 Å². The van der Waals surface area contributed by atoms with Gasteiger partial charge in [0.1, 0.15) is 5.03 Å². The molecule has 0 bridgehead atoms. The molecule has 7 heteroatoms. The number of urea groups is 1. The van der Waals surface area contributed by atoms with Crippen LogP contribution in [0.25, 0.3) is 0 Å². The van der Waals surface area contributed by atoms with Crippen molar-refractivity contribution < 1.29 is 9.59 Å². The van der Waals surface area contributed by atoms with Crippen LogP contribution in [0.1, 0.15) is 11.1 Å². The number of anilines is 1. The van der Waals surface area contributed by atoms with E-state index in [2.05, 4.69) is 15.6 Å². The standard InChI is InChI=1S/C18H20N4O2S/c1-13-4-6-14(7-5-13)11-20-16(23)12-21-18(24)22-9-10-25-17-15(22)3-2-8-19-17/h2-8H,9-12H2,1H3,(H,20,23)(H,21,24). The van der Waals surface area contributed by atoms with Crippen LogP contribution in [0.5, 0.6) is 0 Å². The van der Waals surface area contributed by atoms with Gasteiger partial charge in [0.05, 0.1) is 12.2 Å². The number of fused-ring (bicyclic) bond motifs is 1. The number of amides is 3. The van der Waals surface area contributed by atoms with Crippen LogP contribution in [-0.4, -0.2) is 35.8 Å². The van der Waals surface area contributed by atoms with Crippen molar-refractivity contribution in [1.29, 1.82) is 0 Å². The molecule has 130 valence electrons. The molecule has 1 aliphatic rings. The van der Waals surface area contributed by atoms with Gasteiger partial charge >= 0.3 is 6.03 Å². The van der Waals surface area contributed by atoms with Crippen LogP contribution in [0.3, 0.4) is 0 Å². The summed E-state index contributed by atoms with van der Waals surface area (Å²) in [6.07, 6.45) is 1.71. The highest BCUT2D eigenvalue weighted by Crippen LogP contribution is 2.32. The molecule has 6 nitrogen and oxygen atoms in total. The number of hydrogen-bond acceptors (Lipinski definition) is 4. The van der Waals surface area contributed by atoms with Crippen molar-refractivity contribution in [2.75, 3.05) is 23.7 Å². The van der Waals surface area contributed by atoms with Crippen LogP contribution in [0, 0.1) is 6.92 Å². The van der Waals surface area contributed by atoms with E-state index < -0.39 is 0 Å². The predicted molar refractivity (Wildman–Crippen MR) is 98.7 cm³/mol. The number of rotatable bonds is 4. The van der Waals surface area contributed by atoms with Crippen LogP contribution in [0.2, 0.25) is 0 Å². The highest BCUT2D eigenvalue weighted by Gasteiger charge is 2.23. The van der Waals surface area contributed by atoms with E-state index in [-0.39, 0.29) is 18.5 Å². The molecule has 0 aliphatic carbocycles. The van der Waals surface area contributed by atoms with Gasteiger partial charge in [-0.1, -0.05) is 29.8 Å². The third-order valence-corrected chi connectivity index (χ3v) is 4.83. The summed E-state index contributed by atoms with van der Waals surface area (Å²) >= 11 is 1.63. The van der Waals surface area contributed by atoms with Gasteiger partial charge in [0.15, 0.2) is 0 Å². The van der Waals surface area contributed by atoms with Gasteiger partial charge in [0.25, 0.3) is 0 Å². The molecular formula is C18H20N4O2S. The normalized spacial score (nSPS) is 13.1. The number of carbonyl (C=O) groups excluding carboxylic acids is 2. The molecule has 0 radical (unpaired) electrons. The van der Waals surface area contributed by atoms with E-state index in [9.17, 15) is 9.59 Å². The third-order valence-electron chi connectivity index (χ3n) is 3.85. The maximum absolute atomic E-state index is 12.4. The highest BCUT2D eigenvalue weighted by molar-refractivity contribution is 7.99. The van der Waals surface area contributed by atoms with Gasteiger partial charge in [-0.15, -0.1) is 11.8 Å². The smallest absolute Gasteiger partial charge is 0.322 e. The number of thioether (sulfide) groups is 1. The Bertz CT molecular complexity index is 764. The predicted octanol–water partition coefficient (Wildman–Crippen LogP) is 2.33. The zero-order chi connectivity index (χ0) is 17.6. The maximum Gasteiger partial charge on any atom is 0.322 e. The zero-order valence-electron chi connectivity index (χ0n) is 14.0. The molecule has 25 heavy (non-hydrogen) atoms. The second-order valence-corrected chi connectivity index (χ2v) is 6.83. The summed E-state index contributed by atoms with van der Waals surface area (Å²) in [4.78, 5) is 30.2. The van der Waals surface area contributed by atoms with E-state index in [0.29, 0.717) is 13.1 Å². The molecule has 2 heterocycles. The largest absolute Gasteiger partial charge is 0.350 e. The minimum absolute atomic E-state index is 0.0517. The maximum atomic E-state index is 12.4. The third kappa shape index (κ3) is 4.51. The number of benzene rings is 1. The molecule has 1 aromatic carbocycles. The van der Waals surface area contributed by atoms with E-state index in [4.69, 9.17) is 0 Å². The number of aromatic nitrogens is 1. The minimum Gasteiger partial charge on any atom is -0.350 e. The van der Waals surface area contributed by atoms with Crippen molar-refractivity contribution in [2.45, 2.75) is 18.5 Å². The zero-order valence-corrected chi connectivity index (χ0v) is 14.8. The Morgan fingerprint density at radius 1 is 1.20 bits per heavy atom. The molecule has 0 spiro atoms. The Labute approximate surface area is 151 Å². The monoisotopic (exact) mass is 356 g/mol. The van der Waals surface area contributed by atoms with Crippen LogP contribution in [0.4, 0.5) is 10.5 Å². The minimum atomic E-state index is -0.278. The topological polar surface area (TPSA) is 74.3 Å². The Kier molecular flexibility index (Phi) is 5.55. The summed E-state index contributed by atoms with van der Waals surface area (Å²) in [5.74, 6) is 0.573. The van der Waals surface area contributed by atoms with Gasteiger partial charge in [-0.25, -0.2) is 9.78 Å². The van der Waals surface area contributed by atoms with Crippen molar-refractivity contribution in [1.82, 2.24) is 15.6 Å². The fourth-order valence-corrected chi connectivity index (χ4v) is 3.41. The molecule has 1 aliphatic heterocycles. The van der Waals surface area contributed by atoms with E-state index >= 15 is 0 Å². The molecule has 0 fully saturated rings. The molecule has 0 atom stereocenters. The number of hydrogen-bond donors (Lipinski definition) is 2. The Morgan fingerprint density at radius 3 is 2.80 bits per heavy atom. The van der Waals surface area contributed by atoms with E-state index in [1.54, 1.807) is 28.9 Å². The van der Waals surface area contributed by atoms with Gasteiger partial charge in [0.2, 0.25) is 5.91 Å². The molecule has 2 N–H and O–H groups in total.